The molecule has 1 aromatic carbocycles. The maximum absolute atomic E-state index is 13.1. The number of aromatic nitrogens is 1. The summed E-state index contributed by atoms with van der Waals surface area (Å²) in [5.41, 5.74) is 12.5. The highest BCUT2D eigenvalue weighted by molar-refractivity contribution is 5.84. The minimum absolute atomic E-state index is 0.0938. The van der Waals surface area contributed by atoms with Crippen molar-refractivity contribution in [3.05, 3.63) is 35.8 Å². The van der Waals surface area contributed by atoms with Gasteiger partial charge in [0.05, 0.1) is 5.52 Å². The second-order valence-electron chi connectivity index (χ2n) is 3.98. The zero-order chi connectivity index (χ0) is 12.4. The predicted molar refractivity (Wildman–Crippen MR) is 67.3 cm³/mol. The van der Waals surface area contributed by atoms with Crippen LogP contribution in [0.4, 0.5) is 4.39 Å². The van der Waals surface area contributed by atoms with Crippen molar-refractivity contribution in [2.45, 2.75) is 6.42 Å². The van der Waals surface area contributed by atoms with E-state index in [0.29, 0.717) is 6.54 Å². The van der Waals surface area contributed by atoms with E-state index in [1.54, 1.807) is 6.07 Å². The molecule has 1 aromatic heterocycles. The first kappa shape index (κ1) is 11.4. The number of benzene rings is 1. The standard InChI is InChI=1S/C12H15FN4/c1-17-7-8(4-5-16-12(14)15)10-3-2-9(13)6-11(10)17/h2-3,6-7H,4-5H2,1H3,(H4,14,15,16). The largest absolute Gasteiger partial charge is 0.370 e. The molecule has 0 saturated heterocycles. The highest BCUT2D eigenvalue weighted by atomic mass is 19.1. The van der Waals surface area contributed by atoms with Gasteiger partial charge in [-0.1, -0.05) is 0 Å². The summed E-state index contributed by atoms with van der Waals surface area (Å²) >= 11 is 0. The maximum Gasteiger partial charge on any atom is 0.185 e. The summed E-state index contributed by atoms with van der Waals surface area (Å²) < 4.78 is 15.0. The Kier molecular flexibility index (Phi) is 2.99. The molecule has 1 heterocycles. The zero-order valence-corrected chi connectivity index (χ0v) is 9.65. The van der Waals surface area contributed by atoms with Crippen LogP contribution in [0.5, 0.6) is 0 Å². The van der Waals surface area contributed by atoms with Crippen LogP contribution in [-0.4, -0.2) is 17.1 Å². The van der Waals surface area contributed by atoms with Gasteiger partial charge in [0, 0.05) is 25.2 Å². The summed E-state index contributed by atoms with van der Waals surface area (Å²) in [4.78, 5) is 3.94. The molecule has 0 bridgehead atoms. The van der Waals surface area contributed by atoms with E-state index in [9.17, 15) is 4.39 Å². The van der Waals surface area contributed by atoms with Crippen molar-refractivity contribution in [3.8, 4) is 0 Å². The van der Waals surface area contributed by atoms with E-state index in [1.807, 2.05) is 17.8 Å². The number of guanidine groups is 1. The number of hydrogen-bond donors (Lipinski definition) is 2. The SMILES string of the molecule is Cn1cc(CCN=C(N)N)c2ccc(F)cc21. The van der Waals surface area contributed by atoms with Crippen LogP contribution in [-0.2, 0) is 13.5 Å². The van der Waals surface area contributed by atoms with E-state index in [2.05, 4.69) is 4.99 Å². The van der Waals surface area contributed by atoms with Crippen molar-refractivity contribution in [1.82, 2.24) is 4.57 Å². The average molecular weight is 234 g/mol. The molecule has 0 aliphatic carbocycles. The number of aryl methyl sites for hydroxylation is 1. The molecule has 17 heavy (non-hydrogen) atoms. The van der Waals surface area contributed by atoms with Gasteiger partial charge in [0.25, 0.3) is 0 Å². The minimum Gasteiger partial charge on any atom is -0.370 e. The van der Waals surface area contributed by atoms with Crippen LogP contribution in [0, 0.1) is 5.82 Å². The molecule has 2 aromatic rings. The van der Waals surface area contributed by atoms with Crippen LogP contribution in [0.3, 0.4) is 0 Å². The Hall–Kier alpha value is -2.04. The van der Waals surface area contributed by atoms with Gasteiger partial charge in [-0.05, 0) is 30.2 Å². The van der Waals surface area contributed by atoms with E-state index in [1.165, 1.54) is 12.1 Å². The third kappa shape index (κ3) is 2.38. The molecule has 0 unspecified atom stereocenters. The summed E-state index contributed by atoms with van der Waals surface area (Å²) in [7, 11) is 1.89. The maximum atomic E-state index is 13.1. The number of hydrogen-bond acceptors (Lipinski definition) is 1. The average Bonchev–Trinajstić information content (AvgIpc) is 2.55. The number of nitrogens with zero attached hydrogens (tertiary/aromatic N) is 2. The molecule has 0 atom stereocenters. The molecule has 5 heteroatoms. The van der Waals surface area contributed by atoms with Gasteiger partial charge in [-0.3, -0.25) is 4.99 Å². The van der Waals surface area contributed by atoms with Gasteiger partial charge >= 0.3 is 0 Å². The van der Waals surface area contributed by atoms with Gasteiger partial charge in [0.15, 0.2) is 5.96 Å². The number of rotatable bonds is 3. The highest BCUT2D eigenvalue weighted by Crippen LogP contribution is 2.21. The molecule has 4 nitrogen and oxygen atoms in total. The molecule has 90 valence electrons. The zero-order valence-electron chi connectivity index (χ0n) is 9.65. The van der Waals surface area contributed by atoms with Crippen molar-refractivity contribution in [1.29, 1.82) is 0 Å². The van der Waals surface area contributed by atoms with E-state index in [-0.39, 0.29) is 11.8 Å². The van der Waals surface area contributed by atoms with Crippen molar-refractivity contribution in [2.75, 3.05) is 6.54 Å². The Morgan fingerprint density at radius 1 is 1.41 bits per heavy atom. The van der Waals surface area contributed by atoms with Crippen LogP contribution in [0.1, 0.15) is 5.56 Å². The first-order valence-corrected chi connectivity index (χ1v) is 5.37. The number of fused-ring (bicyclic) bond motifs is 1. The van der Waals surface area contributed by atoms with E-state index < -0.39 is 0 Å². The lowest BCUT2D eigenvalue weighted by Crippen LogP contribution is -2.23. The van der Waals surface area contributed by atoms with Gasteiger partial charge in [0.1, 0.15) is 5.82 Å². The second-order valence-corrected chi connectivity index (χ2v) is 3.98. The first-order valence-electron chi connectivity index (χ1n) is 5.37. The molecule has 4 N–H and O–H groups in total. The van der Waals surface area contributed by atoms with Crippen LogP contribution in [0.2, 0.25) is 0 Å². The second kappa shape index (κ2) is 4.45. The molecule has 0 fully saturated rings. The van der Waals surface area contributed by atoms with Crippen LogP contribution < -0.4 is 11.5 Å². The topological polar surface area (TPSA) is 69.3 Å². The molecule has 0 radical (unpaired) electrons. The fraction of sp³-hybridized carbons (Fsp3) is 0.250. The molecular formula is C12H15FN4. The van der Waals surface area contributed by atoms with Crippen LogP contribution >= 0.6 is 0 Å². The first-order chi connectivity index (χ1) is 8.08. The fourth-order valence-electron chi connectivity index (χ4n) is 1.95. The number of halogens is 1. The molecule has 0 spiro atoms. The van der Waals surface area contributed by atoms with Gasteiger partial charge in [-0.2, -0.15) is 0 Å². The van der Waals surface area contributed by atoms with E-state index in [0.717, 1.165) is 22.9 Å². The minimum atomic E-state index is -0.227. The highest BCUT2D eigenvalue weighted by Gasteiger charge is 2.06. The monoisotopic (exact) mass is 234 g/mol. The van der Waals surface area contributed by atoms with Gasteiger partial charge in [-0.25, -0.2) is 4.39 Å². The van der Waals surface area contributed by atoms with Crippen LogP contribution in [0.15, 0.2) is 29.4 Å². The van der Waals surface area contributed by atoms with Crippen molar-refractivity contribution in [2.24, 2.45) is 23.5 Å². The summed E-state index contributed by atoms with van der Waals surface area (Å²) in [6, 6.07) is 4.78. The quantitative estimate of drug-likeness (QED) is 0.617. The van der Waals surface area contributed by atoms with Gasteiger partial charge in [-0.15, -0.1) is 0 Å². The number of nitrogens with two attached hydrogens (primary N) is 2. The molecule has 0 aliphatic heterocycles. The van der Waals surface area contributed by atoms with Crippen molar-refractivity contribution < 1.29 is 4.39 Å². The lowest BCUT2D eigenvalue weighted by Gasteiger charge is -1.97. The Labute approximate surface area is 98.7 Å². The summed E-state index contributed by atoms with van der Waals surface area (Å²) in [5, 5.41) is 1.04. The third-order valence-electron chi connectivity index (χ3n) is 2.71. The van der Waals surface area contributed by atoms with Crippen molar-refractivity contribution >= 4 is 16.9 Å². The lowest BCUT2D eigenvalue weighted by molar-refractivity contribution is 0.629. The molecule has 2 rings (SSSR count). The Balaban J connectivity index is 2.32. The molecule has 0 saturated carbocycles. The molecular weight excluding hydrogens is 219 g/mol. The third-order valence-corrected chi connectivity index (χ3v) is 2.71. The fourth-order valence-corrected chi connectivity index (χ4v) is 1.95. The van der Waals surface area contributed by atoms with E-state index >= 15 is 0 Å². The predicted octanol–water partition coefficient (Wildman–Crippen LogP) is 1.13. The molecule has 0 amide bonds. The smallest absolute Gasteiger partial charge is 0.185 e. The normalized spacial score (nSPS) is 10.7. The van der Waals surface area contributed by atoms with Crippen molar-refractivity contribution in [3.63, 3.8) is 0 Å². The van der Waals surface area contributed by atoms with Gasteiger partial charge in [0.2, 0.25) is 0 Å². The summed E-state index contributed by atoms with van der Waals surface area (Å²) in [6.45, 7) is 0.540. The summed E-state index contributed by atoms with van der Waals surface area (Å²) in [5.74, 6) is -0.134. The Morgan fingerprint density at radius 3 is 2.88 bits per heavy atom. The molecule has 0 aliphatic rings. The Bertz CT molecular complexity index is 567. The van der Waals surface area contributed by atoms with Gasteiger partial charge < -0.3 is 16.0 Å². The number of aliphatic imine (C=N–C) groups is 1. The van der Waals surface area contributed by atoms with E-state index in [4.69, 9.17) is 11.5 Å². The summed E-state index contributed by atoms with van der Waals surface area (Å²) in [6.07, 6.45) is 2.72. The Morgan fingerprint density at radius 2 is 2.18 bits per heavy atom. The van der Waals surface area contributed by atoms with Crippen LogP contribution in [0.25, 0.3) is 10.9 Å². The lowest BCUT2D eigenvalue weighted by atomic mass is 10.1.